The van der Waals surface area contributed by atoms with Crippen molar-refractivity contribution in [3.63, 3.8) is 0 Å². The Labute approximate surface area is 142 Å². The summed E-state index contributed by atoms with van der Waals surface area (Å²) >= 11 is 0. The number of aliphatic hydroxyl groups excluding tert-OH is 1. The molecule has 0 amide bonds. The third-order valence-electron chi connectivity index (χ3n) is 5.15. The van der Waals surface area contributed by atoms with Crippen LogP contribution in [0.25, 0.3) is 0 Å². The third-order valence-corrected chi connectivity index (χ3v) is 5.15. The largest absolute Gasteiger partial charge is 0.396 e. The number of hydrogen-bond acceptors (Lipinski definition) is 2. The number of aliphatic hydroxyl groups is 1. The maximum absolute atomic E-state index is 9.25. The molecule has 0 aliphatic heterocycles. The predicted molar refractivity (Wildman–Crippen MR) is 97.6 cm³/mol. The van der Waals surface area contributed by atoms with E-state index in [9.17, 15) is 5.11 Å². The van der Waals surface area contributed by atoms with Gasteiger partial charge >= 0.3 is 0 Å². The first-order valence-electron chi connectivity index (χ1n) is 9.77. The predicted octanol–water partition coefficient (Wildman–Crippen LogP) is 3.02. The van der Waals surface area contributed by atoms with Crippen molar-refractivity contribution in [1.82, 2.24) is 10.6 Å². The molecule has 4 heteroatoms. The Morgan fingerprint density at radius 3 is 2.26 bits per heavy atom. The van der Waals surface area contributed by atoms with Gasteiger partial charge in [-0.05, 0) is 75.0 Å². The molecule has 0 aromatic rings. The van der Waals surface area contributed by atoms with Gasteiger partial charge in [-0.25, -0.2) is 0 Å². The minimum Gasteiger partial charge on any atom is -0.396 e. The topological polar surface area (TPSA) is 56.7 Å². The second kappa shape index (κ2) is 9.51. The summed E-state index contributed by atoms with van der Waals surface area (Å²) in [6.45, 7) is 9.67. The molecule has 3 N–H and O–H groups in total. The molecule has 2 fully saturated rings. The summed E-state index contributed by atoms with van der Waals surface area (Å²) in [5, 5.41) is 16.2. The van der Waals surface area contributed by atoms with Gasteiger partial charge < -0.3 is 15.7 Å². The van der Waals surface area contributed by atoms with Crippen molar-refractivity contribution >= 4 is 5.96 Å². The van der Waals surface area contributed by atoms with Gasteiger partial charge in [-0.3, -0.25) is 4.99 Å². The highest BCUT2D eigenvalue weighted by Crippen LogP contribution is 2.48. The summed E-state index contributed by atoms with van der Waals surface area (Å²) in [6.07, 6.45) is 7.73. The highest BCUT2D eigenvalue weighted by Gasteiger charge is 2.41. The summed E-state index contributed by atoms with van der Waals surface area (Å²) in [4.78, 5) is 4.80. The lowest BCUT2D eigenvalue weighted by Crippen LogP contribution is -2.41. The number of nitrogens with one attached hydrogen (secondary N) is 2. The Morgan fingerprint density at radius 2 is 1.78 bits per heavy atom. The van der Waals surface area contributed by atoms with E-state index in [0.717, 1.165) is 56.2 Å². The van der Waals surface area contributed by atoms with Crippen LogP contribution < -0.4 is 10.6 Å². The van der Waals surface area contributed by atoms with Crippen molar-refractivity contribution in [2.75, 3.05) is 26.2 Å². The number of aliphatic imine (C=N–C) groups is 1. The highest BCUT2D eigenvalue weighted by atomic mass is 16.3. The zero-order valence-electron chi connectivity index (χ0n) is 15.4. The summed E-state index contributed by atoms with van der Waals surface area (Å²) in [5.74, 6) is 4.92. The highest BCUT2D eigenvalue weighted by molar-refractivity contribution is 5.79. The lowest BCUT2D eigenvalue weighted by atomic mass is 9.94. The van der Waals surface area contributed by atoms with Gasteiger partial charge in [-0.15, -0.1) is 0 Å². The molecule has 0 heterocycles. The maximum atomic E-state index is 9.25. The Hall–Kier alpha value is -0.770. The standard InChI is InChI=1S/C19H37N3O/c1-4-20-19(21-12-15(9-10-23)11-14(2)3)22-13-18(16-5-6-16)17-7-8-17/h14-18,23H,4-13H2,1-3H3,(H2,20,21,22). The van der Waals surface area contributed by atoms with Crippen LogP contribution in [0, 0.1) is 29.6 Å². The Morgan fingerprint density at radius 1 is 1.13 bits per heavy atom. The van der Waals surface area contributed by atoms with Crippen LogP contribution in [0.2, 0.25) is 0 Å². The molecule has 0 saturated heterocycles. The lowest BCUT2D eigenvalue weighted by Gasteiger charge is -2.20. The zero-order chi connectivity index (χ0) is 16.7. The Kier molecular flexibility index (Phi) is 7.68. The first-order valence-corrected chi connectivity index (χ1v) is 9.77. The molecule has 1 unspecified atom stereocenters. The van der Waals surface area contributed by atoms with Crippen LogP contribution in [0.4, 0.5) is 0 Å². The van der Waals surface area contributed by atoms with Crippen LogP contribution in [0.5, 0.6) is 0 Å². The molecule has 23 heavy (non-hydrogen) atoms. The summed E-state index contributed by atoms with van der Waals surface area (Å²) in [6, 6.07) is 0. The molecule has 0 radical (unpaired) electrons. The van der Waals surface area contributed by atoms with Gasteiger partial charge in [0.2, 0.25) is 0 Å². The smallest absolute Gasteiger partial charge is 0.191 e. The second-order valence-corrected chi connectivity index (χ2v) is 7.95. The van der Waals surface area contributed by atoms with E-state index in [1.807, 2.05) is 0 Å². The van der Waals surface area contributed by atoms with Gasteiger partial charge in [-0.2, -0.15) is 0 Å². The maximum Gasteiger partial charge on any atom is 0.191 e. The molecule has 1 atom stereocenters. The quantitative estimate of drug-likeness (QED) is 0.405. The number of rotatable bonds is 11. The molecule has 2 aliphatic rings. The van der Waals surface area contributed by atoms with Crippen LogP contribution in [0.3, 0.4) is 0 Å². The molecule has 2 saturated carbocycles. The number of hydrogen-bond donors (Lipinski definition) is 3. The van der Waals surface area contributed by atoms with Gasteiger partial charge in [0.05, 0.1) is 0 Å². The molecule has 0 aromatic heterocycles. The van der Waals surface area contributed by atoms with Crippen molar-refractivity contribution in [3.05, 3.63) is 0 Å². The fourth-order valence-electron chi connectivity index (χ4n) is 3.68. The van der Waals surface area contributed by atoms with Crippen LogP contribution in [0.1, 0.15) is 59.3 Å². The average molecular weight is 324 g/mol. The summed E-state index contributed by atoms with van der Waals surface area (Å²) in [5.41, 5.74) is 0. The number of guanidine groups is 1. The van der Waals surface area contributed by atoms with E-state index >= 15 is 0 Å². The van der Waals surface area contributed by atoms with Crippen molar-refractivity contribution in [2.45, 2.75) is 59.3 Å². The SMILES string of the molecule is CCNC(=NCC(CCO)CC(C)C)NCC(C1CC1)C1CC1. The zero-order valence-corrected chi connectivity index (χ0v) is 15.4. The van der Waals surface area contributed by atoms with Crippen molar-refractivity contribution in [3.8, 4) is 0 Å². The van der Waals surface area contributed by atoms with Crippen LogP contribution in [0.15, 0.2) is 4.99 Å². The van der Waals surface area contributed by atoms with E-state index < -0.39 is 0 Å². The second-order valence-electron chi connectivity index (χ2n) is 7.95. The molecule has 0 aromatic carbocycles. The van der Waals surface area contributed by atoms with E-state index in [0.29, 0.717) is 11.8 Å². The monoisotopic (exact) mass is 323 g/mol. The molecule has 2 rings (SSSR count). The minimum absolute atomic E-state index is 0.266. The molecular formula is C19H37N3O. The fraction of sp³-hybridized carbons (Fsp3) is 0.947. The van der Waals surface area contributed by atoms with Crippen molar-refractivity contribution < 1.29 is 5.11 Å². The van der Waals surface area contributed by atoms with Crippen LogP contribution in [-0.4, -0.2) is 37.3 Å². The van der Waals surface area contributed by atoms with Gasteiger partial charge in [0.1, 0.15) is 0 Å². The van der Waals surface area contributed by atoms with Crippen molar-refractivity contribution in [1.29, 1.82) is 0 Å². The molecule has 0 spiro atoms. The van der Waals surface area contributed by atoms with E-state index in [1.165, 1.54) is 25.7 Å². The minimum atomic E-state index is 0.266. The van der Waals surface area contributed by atoms with E-state index in [1.54, 1.807) is 0 Å². The molecule has 4 nitrogen and oxygen atoms in total. The lowest BCUT2D eigenvalue weighted by molar-refractivity contribution is 0.245. The number of nitrogens with zero attached hydrogens (tertiary/aromatic N) is 1. The third kappa shape index (κ3) is 7.11. The van der Waals surface area contributed by atoms with Crippen LogP contribution in [-0.2, 0) is 0 Å². The van der Waals surface area contributed by atoms with Crippen molar-refractivity contribution in [2.24, 2.45) is 34.6 Å². The Balaban J connectivity index is 1.82. The summed E-state index contributed by atoms with van der Waals surface area (Å²) < 4.78 is 0. The Bertz CT molecular complexity index is 350. The summed E-state index contributed by atoms with van der Waals surface area (Å²) in [7, 11) is 0. The molecule has 134 valence electrons. The molecule has 0 bridgehead atoms. The average Bonchev–Trinajstić information content (AvgIpc) is 3.37. The first-order chi connectivity index (χ1) is 11.1. The van der Waals surface area contributed by atoms with E-state index in [2.05, 4.69) is 31.4 Å². The molecule has 2 aliphatic carbocycles. The fourth-order valence-corrected chi connectivity index (χ4v) is 3.68. The van der Waals surface area contributed by atoms with Gasteiger partial charge in [0.25, 0.3) is 0 Å². The van der Waals surface area contributed by atoms with Gasteiger partial charge in [0, 0.05) is 26.2 Å². The normalized spacial score (nSPS) is 20.2. The van der Waals surface area contributed by atoms with Gasteiger partial charge in [-0.1, -0.05) is 13.8 Å². The van der Waals surface area contributed by atoms with E-state index in [-0.39, 0.29) is 6.61 Å². The van der Waals surface area contributed by atoms with Crippen LogP contribution >= 0.6 is 0 Å². The van der Waals surface area contributed by atoms with Gasteiger partial charge in [0.15, 0.2) is 5.96 Å². The molecular weight excluding hydrogens is 286 g/mol. The first kappa shape index (κ1) is 18.6. The van der Waals surface area contributed by atoms with E-state index in [4.69, 9.17) is 4.99 Å².